The van der Waals surface area contributed by atoms with Crippen molar-refractivity contribution in [2.45, 2.75) is 25.7 Å². The molecule has 1 aliphatic heterocycles. The Morgan fingerprint density at radius 1 is 1.14 bits per heavy atom. The third-order valence-electron chi connectivity index (χ3n) is 4.15. The highest BCUT2D eigenvalue weighted by molar-refractivity contribution is 6.52. The van der Waals surface area contributed by atoms with Crippen molar-refractivity contribution in [1.82, 2.24) is 0 Å². The second-order valence-electron chi connectivity index (χ2n) is 5.38. The quantitative estimate of drug-likeness (QED) is 0.803. The molecular formula is C15H13F2NO3. The monoisotopic (exact) mass is 293 g/mol. The molecule has 1 aliphatic carbocycles. The largest absolute Gasteiger partial charge is 0.302 e. The number of rotatable bonds is 3. The van der Waals surface area contributed by atoms with Crippen molar-refractivity contribution in [1.29, 1.82) is 0 Å². The number of anilines is 1. The predicted octanol–water partition coefficient (Wildman–Crippen LogP) is 2.25. The summed E-state index contributed by atoms with van der Waals surface area (Å²) in [5.74, 6) is -3.69. The SMILES string of the molecule is O=C1C(=O)N(CCC2CCCC2=O)c2c(F)ccc(F)c21. The molecule has 0 aromatic heterocycles. The zero-order valence-electron chi connectivity index (χ0n) is 11.2. The van der Waals surface area contributed by atoms with E-state index in [1.165, 1.54) is 0 Å². The van der Waals surface area contributed by atoms with E-state index in [4.69, 9.17) is 0 Å². The Morgan fingerprint density at radius 2 is 1.86 bits per heavy atom. The number of halogens is 2. The molecule has 1 aromatic rings. The van der Waals surface area contributed by atoms with Crippen molar-refractivity contribution in [3.8, 4) is 0 Å². The number of carbonyl (C=O) groups is 3. The Morgan fingerprint density at radius 3 is 2.52 bits per heavy atom. The molecule has 1 atom stereocenters. The molecule has 0 saturated heterocycles. The van der Waals surface area contributed by atoms with Crippen LogP contribution in [-0.2, 0) is 9.59 Å². The Bertz CT molecular complexity index is 657. The van der Waals surface area contributed by atoms with Crippen molar-refractivity contribution in [3.63, 3.8) is 0 Å². The number of hydrogen-bond acceptors (Lipinski definition) is 3. The number of Topliss-reactive ketones (excluding diaryl/α,β-unsaturated/α-hetero) is 2. The van der Waals surface area contributed by atoms with Crippen molar-refractivity contribution in [3.05, 3.63) is 29.3 Å². The molecule has 0 bridgehead atoms. The third kappa shape index (κ3) is 2.14. The van der Waals surface area contributed by atoms with Gasteiger partial charge in [-0.1, -0.05) is 0 Å². The van der Waals surface area contributed by atoms with Crippen LogP contribution in [0.15, 0.2) is 12.1 Å². The van der Waals surface area contributed by atoms with E-state index in [0.717, 1.165) is 29.9 Å². The van der Waals surface area contributed by atoms with Crippen molar-refractivity contribution < 1.29 is 23.2 Å². The number of benzene rings is 1. The Balaban J connectivity index is 1.87. The maximum Gasteiger partial charge on any atom is 0.299 e. The normalized spacial score (nSPS) is 21.3. The molecule has 1 aromatic carbocycles. The molecule has 0 N–H and O–H groups in total. The van der Waals surface area contributed by atoms with Gasteiger partial charge in [-0.05, 0) is 31.4 Å². The second kappa shape index (κ2) is 5.02. The summed E-state index contributed by atoms with van der Waals surface area (Å²) in [4.78, 5) is 36.2. The lowest BCUT2D eigenvalue weighted by Gasteiger charge is -2.18. The van der Waals surface area contributed by atoms with Gasteiger partial charge < -0.3 is 4.90 Å². The highest BCUT2D eigenvalue weighted by atomic mass is 19.1. The summed E-state index contributed by atoms with van der Waals surface area (Å²) in [6.45, 7) is 0.0500. The van der Waals surface area contributed by atoms with Gasteiger partial charge in [0.05, 0.1) is 11.3 Å². The molecule has 6 heteroatoms. The number of ketones is 2. The molecule has 4 nitrogen and oxygen atoms in total. The molecule has 1 unspecified atom stereocenters. The number of fused-ring (bicyclic) bond motifs is 1. The molecule has 1 amide bonds. The summed E-state index contributed by atoms with van der Waals surface area (Å²) in [7, 11) is 0. The molecule has 1 saturated carbocycles. The molecule has 0 radical (unpaired) electrons. The first-order chi connectivity index (χ1) is 10.0. The summed E-state index contributed by atoms with van der Waals surface area (Å²) in [5, 5.41) is 0. The van der Waals surface area contributed by atoms with Crippen molar-refractivity contribution >= 4 is 23.2 Å². The lowest BCUT2D eigenvalue weighted by molar-refractivity contribution is -0.121. The Kier molecular flexibility index (Phi) is 3.31. The third-order valence-corrected chi connectivity index (χ3v) is 4.15. The van der Waals surface area contributed by atoms with Gasteiger partial charge in [0.2, 0.25) is 0 Å². The van der Waals surface area contributed by atoms with E-state index in [9.17, 15) is 23.2 Å². The zero-order valence-corrected chi connectivity index (χ0v) is 11.2. The van der Waals surface area contributed by atoms with Crippen LogP contribution in [0.1, 0.15) is 36.0 Å². The van der Waals surface area contributed by atoms with Gasteiger partial charge in [0.15, 0.2) is 0 Å². The van der Waals surface area contributed by atoms with Crippen LogP contribution in [0.25, 0.3) is 0 Å². The molecular weight excluding hydrogens is 280 g/mol. The van der Waals surface area contributed by atoms with Crippen LogP contribution < -0.4 is 4.90 Å². The zero-order chi connectivity index (χ0) is 15.1. The summed E-state index contributed by atoms with van der Waals surface area (Å²) < 4.78 is 27.5. The van der Waals surface area contributed by atoms with E-state index >= 15 is 0 Å². The summed E-state index contributed by atoms with van der Waals surface area (Å²) in [5.41, 5.74) is -0.798. The van der Waals surface area contributed by atoms with Crippen LogP contribution in [0.3, 0.4) is 0 Å². The standard InChI is InChI=1S/C15H13F2NO3/c16-9-4-5-10(17)13-12(9)14(20)15(21)18(13)7-6-8-2-1-3-11(8)19/h4-5,8H,1-3,6-7H2. The maximum absolute atomic E-state index is 13.9. The Labute approximate surface area is 119 Å². The Hall–Kier alpha value is -2.11. The fourth-order valence-corrected chi connectivity index (χ4v) is 3.04. The lowest BCUT2D eigenvalue weighted by Crippen LogP contribution is -2.32. The first kappa shape index (κ1) is 13.9. The van der Waals surface area contributed by atoms with Gasteiger partial charge in [0, 0.05) is 18.9 Å². The van der Waals surface area contributed by atoms with Crippen LogP contribution in [0.2, 0.25) is 0 Å². The fourth-order valence-electron chi connectivity index (χ4n) is 3.04. The van der Waals surface area contributed by atoms with Gasteiger partial charge in [-0.2, -0.15) is 0 Å². The molecule has 1 fully saturated rings. The average Bonchev–Trinajstić information content (AvgIpc) is 2.97. The highest BCUT2D eigenvalue weighted by Gasteiger charge is 2.40. The molecule has 2 aliphatic rings. The highest BCUT2D eigenvalue weighted by Crippen LogP contribution is 2.35. The minimum atomic E-state index is -1.03. The molecule has 21 heavy (non-hydrogen) atoms. The van der Waals surface area contributed by atoms with E-state index in [-0.39, 0.29) is 23.9 Å². The number of nitrogens with zero attached hydrogens (tertiary/aromatic N) is 1. The van der Waals surface area contributed by atoms with Crippen LogP contribution in [0.4, 0.5) is 14.5 Å². The van der Waals surface area contributed by atoms with Gasteiger partial charge in [0.25, 0.3) is 11.7 Å². The van der Waals surface area contributed by atoms with E-state index in [1.807, 2.05) is 0 Å². The number of carbonyl (C=O) groups excluding carboxylic acids is 3. The fraction of sp³-hybridized carbons (Fsp3) is 0.400. The summed E-state index contributed by atoms with van der Waals surface area (Å²) >= 11 is 0. The lowest BCUT2D eigenvalue weighted by atomic mass is 10.0. The summed E-state index contributed by atoms with van der Waals surface area (Å²) in [6, 6.07) is 1.73. The average molecular weight is 293 g/mol. The second-order valence-corrected chi connectivity index (χ2v) is 5.38. The number of amides is 1. The van der Waals surface area contributed by atoms with Crippen LogP contribution in [0.5, 0.6) is 0 Å². The van der Waals surface area contributed by atoms with Gasteiger partial charge >= 0.3 is 0 Å². The first-order valence-electron chi connectivity index (χ1n) is 6.87. The minimum absolute atomic E-state index is 0.0500. The van der Waals surface area contributed by atoms with E-state index in [2.05, 4.69) is 0 Å². The van der Waals surface area contributed by atoms with Gasteiger partial charge in [-0.3, -0.25) is 14.4 Å². The van der Waals surface area contributed by atoms with E-state index in [1.54, 1.807) is 0 Å². The topological polar surface area (TPSA) is 54.5 Å². The van der Waals surface area contributed by atoms with E-state index < -0.39 is 28.9 Å². The summed E-state index contributed by atoms with van der Waals surface area (Å²) in [6.07, 6.45) is 2.45. The predicted molar refractivity (Wildman–Crippen MR) is 70.0 cm³/mol. The van der Waals surface area contributed by atoms with Crippen LogP contribution in [-0.4, -0.2) is 24.0 Å². The van der Waals surface area contributed by atoms with Gasteiger partial charge in [0.1, 0.15) is 17.4 Å². The van der Waals surface area contributed by atoms with Gasteiger partial charge in [-0.15, -0.1) is 0 Å². The first-order valence-corrected chi connectivity index (χ1v) is 6.87. The molecule has 110 valence electrons. The van der Waals surface area contributed by atoms with Crippen molar-refractivity contribution in [2.75, 3.05) is 11.4 Å². The molecule has 0 spiro atoms. The van der Waals surface area contributed by atoms with E-state index in [0.29, 0.717) is 12.8 Å². The number of hydrogen-bond donors (Lipinski definition) is 0. The van der Waals surface area contributed by atoms with Crippen LogP contribution in [0, 0.1) is 17.6 Å². The van der Waals surface area contributed by atoms with Crippen LogP contribution >= 0.6 is 0 Å². The maximum atomic E-state index is 13.9. The smallest absolute Gasteiger partial charge is 0.299 e. The van der Waals surface area contributed by atoms with Gasteiger partial charge in [-0.25, -0.2) is 8.78 Å². The molecule has 1 heterocycles. The minimum Gasteiger partial charge on any atom is -0.302 e. The van der Waals surface area contributed by atoms with Crippen molar-refractivity contribution in [2.24, 2.45) is 5.92 Å². The molecule has 3 rings (SSSR count).